The molecule has 3 aromatic rings. The molecule has 8 heteroatoms. The van der Waals surface area contributed by atoms with Crippen molar-refractivity contribution >= 4 is 44.6 Å². The first kappa shape index (κ1) is 18.6. The summed E-state index contributed by atoms with van der Waals surface area (Å²) in [7, 11) is 0. The fourth-order valence-corrected chi connectivity index (χ4v) is 4.24. The molecule has 4 rings (SSSR count). The number of thiocarbonyl (C=S) groups is 1. The Labute approximate surface area is 176 Å². The molecule has 142 valence electrons. The van der Waals surface area contributed by atoms with Gasteiger partial charge in [0.2, 0.25) is 0 Å². The fraction of sp³-hybridized carbons (Fsp3) is 0.150. The third-order valence-electron chi connectivity index (χ3n) is 4.77. The standard InChI is InChI=1S/C20H17BrN4O2S/c21-15-5-2-6-16(13-15)22-20(28)24-11-10-23-9-3-8-18(23)19(24)14-4-1-7-17(12-14)25(26)27/h1-9,12-13,19H,10-11H2,(H,22,28). The normalized spacial score (nSPS) is 15.8. The Hall–Kier alpha value is -2.71. The Kier molecular flexibility index (Phi) is 5.15. The molecule has 1 N–H and O–H groups in total. The lowest BCUT2D eigenvalue weighted by Gasteiger charge is -2.39. The van der Waals surface area contributed by atoms with Crippen molar-refractivity contribution in [2.45, 2.75) is 12.6 Å². The van der Waals surface area contributed by atoms with Crippen LogP contribution in [-0.2, 0) is 6.54 Å². The molecule has 6 nitrogen and oxygen atoms in total. The molecule has 0 radical (unpaired) electrons. The number of nitrogens with zero attached hydrogens (tertiary/aromatic N) is 3. The van der Waals surface area contributed by atoms with Crippen LogP contribution in [0.4, 0.5) is 11.4 Å². The molecular formula is C20H17BrN4O2S. The van der Waals surface area contributed by atoms with Crippen LogP contribution in [0.2, 0.25) is 0 Å². The van der Waals surface area contributed by atoms with Gasteiger partial charge in [-0.1, -0.05) is 34.1 Å². The van der Waals surface area contributed by atoms with E-state index in [-0.39, 0.29) is 16.7 Å². The molecule has 1 atom stereocenters. The average molecular weight is 457 g/mol. The topological polar surface area (TPSA) is 63.3 Å². The van der Waals surface area contributed by atoms with Gasteiger partial charge in [0, 0.05) is 47.3 Å². The van der Waals surface area contributed by atoms with E-state index in [4.69, 9.17) is 12.2 Å². The van der Waals surface area contributed by atoms with Gasteiger partial charge in [0.15, 0.2) is 5.11 Å². The van der Waals surface area contributed by atoms with E-state index in [0.717, 1.165) is 28.0 Å². The molecule has 0 saturated heterocycles. The van der Waals surface area contributed by atoms with Crippen molar-refractivity contribution in [3.05, 3.63) is 92.7 Å². The maximum absolute atomic E-state index is 11.3. The van der Waals surface area contributed by atoms with Crippen LogP contribution >= 0.6 is 28.1 Å². The van der Waals surface area contributed by atoms with Crippen LogP contribution in [0.1, 0.15) is 17.3 Å². The molecule has 0 spiro atoms. The van der Waals surface area contributed by atoms with Gasteiger partial charge in [-0.05, 0) is 48.1 Å². The lowest BCUT2D eigenvalue weighted by molar-refractivity contribution is -0.384. The van der Waals surface area contributed by atoms with E-state index in [9.17, 15) is 10.1 Å². The van der Waals surface area contributed by atoms with Crippen molar-refractivity contribution in [2.24, 2.45) is 0 Å². The molecule has 0 aliphatic carbocycles. The van der Waals surface area contributed by atoms with Gasteiger partial charge in [0.25, 0.3) is 5.69 Å². The van der Waals surface area contributed by atoms with Crippen LogP contribution in [0.5, 0.6) is 0 Å². The molecule has 28 heavy (non-hydrogen) atoms. The third kappa shape index (κ3) is 3.65. The Balaban J connectivity index is 1.70. The summed E-state index contributed by atoms with van der Waals surface area (Å²) < 4.78 is 3.13. The van der Waals surface area contributed by atoms with Crippen molar-refractivity contribution in [1.82, 2.24) is 9.47 Å². The smallest absolute Gasteiger partial charge is 0.269 e. The maximum Gasteiger partial charge on any atom is 0.269 e. The predicted molar refractivity (Wildman–Crippen MR) is 116 cm³/mol. The van der Waals surface area contributed by atoms with E-state index in [1.54, 1.807) is 12.1 Å². The van der Waals surface area contributed by atoms with Crippen molar-refractivity contribution in [3.63, 3.8) is 0 Å². The average Bonchev–Trinajstić information content (AvgIpc) is 3.16. The molecule has 0 fully saturated rings. The van der Waals surface area contributed by atoms with Gasteiger partial charge in [-0.3, -0.25) is 10.1 Å². The highest BCUT2D eigenvalue weighted by atomic mass is 79.9. The van der Waals surface area contributed by atoms with Crippen LogP contribution in [0.25, 0.3) is 0 Å². The van der Waals surface area contributed by atoms with E-state index in [0.29, 0.717) is 11.7 Å². The van der Waals surface area contributed by atoms with Gasteiger partial charge < -0.3 is 14.8 Å². The number of non-ortho nitro benzene ring substituents is 1. The number of halogens is 1. The Morgan fingerprint density at radius 1 is 1.14 bits per heavy atom. The van der Waals surface area contributed by atoms with Gasteiger partial charge >= 0.3 is 0 Å². The third-order valence-corrected chi connectivity index (χ3v) is 5.60. The van der Waals surface area contributed by atoms with Gasteiger partial charge in [-0.25, -0.2) is 0 Å². The van der Waals surface area contributed by atoms with Gasteiger partial charge in [0.05, 0.1) is 11.0 Å². The summed E-state index contributed by atoms with van der Waals surface area (Å²) >= 11 is 9.19. The van der Waals surface area contributed by atoms with Crippen molar-refractivity contribution in [1.29, 1.82) is 0 Å². The second-order valence-corrected chi connectivity index (χ2v) is 7.82. The monoisotopic (exact) mass is 456 g/mol. The van der Waals surface area contributed by atoms with E-state index in [1.165, 1.54) is 6.07 Å². The van der Waals surface area contributed by atoms with Gasteiger partial charge in [-0.15, -0.1) is 0 Å². The first-order chi connectivity index (χ1) is 13.5. The quantitative estimate of drug-likeness (QED) is 0.342. The summed E-state index contributed by atoms with van der Waals surface area (Å²) in [6.07, 6.45) is 2.03. The number of anilines is 1. The molecule has 2 heterocycles. The summed E-state index contributed by atoms with van der Waals surface area (Å²) in [6, 6.07) is 18.4. The van der Waals surface area contributed by atoms with Gasteiger partial charge in [-0.2, -0.15) is 0 Å². The number of nitro groups is 1. The molecule has 0 saturated carbocycles. The lowest BCUT2D eigenvalue weighted by atomic mass is 10.00. The van der Waals surface area contributed by atoms with Crippen LogP contribution in [0, 0.1) is 10.1 Å². The summed E-state index contributed by atoms with van der Waals surface area (Å²) in [6.45, 7) is 1.50. The number of hydrogen-bond acceptors (Lipinski definition) is 3. The minimum atomic E-state index is -0.367. The molecular weight excluding hydrogens is 440 g/mol. The summed E-state index contributed by atoms with van der Waals surface area (Å²) in [5.41, 5.74) is 2.86. The zero-order chi connectivity index (χ0) is 19.7. The Morgan fingerprint density at radius 3 is 2.75 bits per heavy atom. The minimum absolute atomic E-state index is 0.0759. The SMILES string of the molecule is O=[N+]([O-])c1cccc(C2c3cccn3CCN2C(=S)Nc2cccc(Br)c2)c1. The molecule has 1 unspecified atom stereocenters. The lowest BCUT2D eigenvalue weighted by Crippen LogP contribution is -2.44. The van der Waals surface area contributed by atoms with E-state index < -0.39 is 0 Å². The maximum atomic E-state index is 11.3. The number of aromatic nitrogens is 1. The minimum Gasteiger partial charge on any atom is -0.348 e. The molecule has 1 aromatic heterocycles. The van der Waals surface area contributed by atoms with Gasteiger partial charge in [0.1, 0.15) is 0 Å². The second-order valence-electron chi connectivity index (χ2n) is 6.51. The first-order valence-electron chi connectivity index (χ1n) is 8.75. The predicted octanol–water partition coefficient (Wildman–Crippen LogP) is 4.96. The van der Waals surface area contributed by atoms with Crippen LogP contribution in [0.3, 0.4) is 0 Å². The molecule has 0 amide bonds. The van der Waals surface area contributed by atoms with Crippen molar-refractivity contribution < 1.29 is 4.92 Å². The molecule has 2 aromatic carbocycles. The number of rotatable bonds is 3. The number of nitro benzene ring substituents is 1. The zero-order valence-corrected chi connectivity index (χ0v) is 17.2. The molecule has 1 aliphatic rings. The molecule has 1 aliphatic heterocycles. The highest BCUT2D eigenvalue weighted by molar-refractivity contribution is 9.10. The van der Waals surface area contributed by atoms with Crippen molar-refractivity contribution in [3.8, 4) is 0 Å². The fourth-order valence-electron chi connectivity index (χ4n) is 3.52. The summed E-state index contributed by atoms with van der Waals surface area (Å²) in [4.78, 5) is 13.0. The summed E-state index contributed by atoms with van der Waals surface area (Å²) in [5, 5.41) is 15.1. The summed E-state index contributed by atoms with van der Waals surface area (Å²) in [5.74, 6) is 0. The van der Waals surface area contributed by atoms with Crippen LogP contribution in [-0.4, -0.2) is 26.0 Å². The van der Waals surface area contributed by atoms with E-state index >= 15 is 0 Å². The highest BCUT2D eigenvalue weighted by Gasteiger charge is 2.31. The van der Waals surface area contributed by atoms with E-state index in [1.807, 2.05) is 48.7 Å². The Bertz CT molecular complexity index is 1050. The number of nitrogens with one attached hydrogen (secondary N) is 1. The van der Waals surface area contributed by atoms with Crippen LogP contribution in [0.15, 0.2) is 71.3 Å². The molecule has 0 bridgehead atoms. The number of hydrogen-bond donors (Lipinski definition) is 1. The Morgan fingerprint density at radius 2 is 1.96 bits per heavy atom. The van der Waals surface area contributed by atoms with E-state index in [2.05, 4.69) is 30.7 Å². The first-order valence-corrected chi connectivity index (χ1v) is 9.95. The van der Waals surface area contributed by atoms with Crippen LogP contribution < -0.4 is 5.32 Å². The number of benzene rings is 2. The highest BCUT2D eigenvalue weighted by Crippen LogP contribution is 2.34. The van der Waals surface area contributed by atoms with Crippen molar-refractivity contribution in [2.75, 3.05) is 11.9 Å². The zero-order valence-electron chi connectivity index (χ0n) is 14.8. The number of fused-ring (bicyclic) bond motifs is 1. The second kappa shape index (κ2) is 7.73. The largest absolute Gasteiger partial charge is 0.348 e.